The van der Waals surface area contributed by atoms with E-state index in [9.17, 15) is 9.18 Å². The number of alkyl halides is 1. The predicted molar refractivity (Wildman–Crippen MR) is 60.0 cm³/mol. The monoisotopic (exact) mass is 220 g/mol. The van der Waals surface area contributed by atoms with Crippen molar-refractivity contribution in [2.75, 3.05) is 0 Å². The number of carboxylic acids is 1. The van der Waals surface area contributed by atoms with Crippen molar-refractivity contribution in [1.29, 1.82) is 0 Å². The second-order valence-corrected chi connectivity index (χ2v) is 4.00. The summed E-state index contributed by atoms with van der Waals surface area (Å²) in [5.74, 6) is -1.42. The number of benzene rings is 1. The molecule has 84 valence electrons. The molecule has 1 aliphatic rings. The largest absolute Gasteiger partial charge is 0.479 e. The van der Waals surface area contributed by atoms with Gasteiger partial charge in [0.1, 0.15) is 0 Å². The average molecular weight is 220 g/mol. The lowest BCUT2D eigenvalue weighted by Crippen LogP contribution is -2.19. The van der Waals surface area contributed by atoms with Crippen LogP contribution >= 0.6 is 0 Å². The Balaban J connectivity index is 2.49. The molecule has 0 aliphatic heterocycles. The Kier molecular flexibility index (Phi) is 2.77. The van der Waals surface area contributed by atoms with E-state index in [2.05, 4.69) is 0 Å². The van der Waals surface area contributed by atoms with Gasteiger partial charge < -0.3 is 5.11 Å². The van der Waals surface area contributed by atoms with Crippen molar-refractivity contribution in [2.24, 2.45) is 0 Å². The fourth-order valence-electron chi connectivity index (χ4n) is 2.16. The van der Waals surface area contributed by atoms with E-state index in [0.29, 0.717) is 12.0 Å². The van der Waals surface area contributed by atoms with E-state index in [1.807, 2.05) is 19.1 Å². The highest BCUT2D eigenvalue weighted by Gasteiger charge is 2.26. The van der Waals surface area contributed by atoms with E-state index < -0.39 is 12.1 Å². The van der Waals surface area contributed by atoms with Gasteiger partial charge in [-0.05, 0) is 36.5 Å². The number of aliphatic carboxylic acids is 1. The predicted octanol–water partition coefficient (Wildman–Crippen LogP) is 2.75. The Bertz CT molecular complexity index is 463. The molecule has 1 aromatic rings. The molecule has 1 aromatic carbocycles. The minimum Gasteiger partial charge on any atom is -0.479 e. The van der Waals surface area contributed by atoms with E-state index in [1.54, 1.807) is 12.1 Å². The molecule has 16 heavy (non-hydrogen) atoms. The second kappa shape index (κ2) is 4.08. The number of hydrogen-bond donors (Lipinski definition) is 1. The van der Waals surface area contributed by atoms with E-state index in [1.165, 1.54) is 0 Å². The third-order valence-electron chi connectivity index (χ3n) is 2.97. The summed E-state index contributed by atoms with van der Waals surface area (Å²) in [6.45, 7) is 1.97. The van der Waals surface area contributed by atoms with Crippen LogP contribution in [0.4, 0.5) is 4.39 Å². The summed E-state index contributed by atoms with van der Waals surface area (Å²) in [4.78, 5) is 10.7. The summed E-state index contributed by atoms with van der Waals surface area (Å²) < 4.78 is 13.6. The Morgan fingerprint density at radius 3 is 2.94 bits per heavy atom. The molecular weight excluding hydrogens is 207 g/mol. The molecule has 1 atom stereocenters. The van der Waals surface area contributed by atoms with Crippen molar-refractivity contribution >= 4 is 11.5 Å². The zero-order valence-electron chi connectivity index (χ0n) is 9.03. The highest BCUT2D eigenvalue weighted by Crippen LogP contribution is 2.31. The molecule has 0 saturated heterocycles. The number of halogens is 1. The molecule has 1 aliphatic carbocycles. The van der Waals surface area contributed by atoms with Gasteiger partial charge in [-0.15, -0.1) is 0 Å². The summed E-state index contributed by atoms with van der Waals surface area (Å²) in [7, 11) is 0. The standard InChI is InChI=1S/C13H13FO2/c1-8-4-2-6-10-9(8)5-3-7-11(10)12(14)13(15)16/h2,4,6-7,12H,3,5H2,1H3,(H,15,16). The van der Waals surface area contributed by atoms with Gasteiger partial charge >= 0.3 is 5.97 Å². The number of carbonyl (C=O) groups is 1. The lowest BCUT2D eigenvalue weighted by molar-refractivity contribution is -0.140. The summed E-state index contributed by atoms with van der Waals surface area (Å²) in [6, 6.07) is 5.60. The van der Waals surface area contributed by atoms with Gasteiger partial charge in [0.25, 0.3) is 0 Å². The smallest absolute Gasteiger partial charge is 0.343 e. The minimum atomic E-state index is -1.92. The maximum Gasteiger partial charge on any atom is 0.343 e. The summed E-state index contributed by atoms with van der Waals surface area (Å²) in [5.41, 5.74) is 3.23. The SMILES string of the molecule is Cc1cccc2c1CCC=C2C(F)C(=O)O. The van der Waals surface area contributed by atoms with Gasteiger partial charge in [0, 0.05) is 5.57 Å². The van der Waals surface area contributed by atoms with Crippen molar-refractivity contribution < 1.29 is 14.3 Å². The molecule has 0 fully saturated rings. The second-order valence-electron chi connectivity index (χ2n) is 4.00. The molecule has 0 heterocycles. The van der Waals surface area contributed by atoms with E-state index in [-0.39, 0.29) is 0 Å². The van der Waals surface area contributed by atoms with Gasteiger partial charge in [-0.1, -0.05) is 24.3 Å². The highest BCUT2D eigenvalue weighted by molar-refractivity contribution is 5.91. The van der Waals surface area contributed by atoms with Crippen LogP contribution in [-0.4, -0.2) is 17.2 Å². The molecular formula is C13H13FO2. The Hall–Kier alpha value is -1.64. The van der Waals surface area contributed by atoms with Gasteiger partial charge in [0.15, 0.2) is 0 Å². The molecule has 3 heteroatoms. The van der Waals surface area contributed by atoms with Crippen LogP contribution in [0.3, 0.4) is 0 Å². The van der Waals surface area contributed by atoms with Crippen molar-refractivity contribution in [1.82, 2.24) is 0 Å². The topological polar surface area (TPSA) is 37.3 Å². The van der Waals surface area contributed by atoms with E-state index in [4.69, 9.17) is 5.11 Å². The van der Waals surface area contributed by atoms with Crippen LogP contribution in [-0.2, 0) is 11.2 Å². The number of rotatable bonds is 2. The van der Waals surface area contributed by atoms with Crippen LogP contribution < -0.4 is 0 Å². The lowest BCUT2D eigenvalue weighted by Gasteiger charge is -2.20. The quantitative estimate of drug-likeness (QED) is 0.832. The molecule has 0 bridgehead atoms. The number of hydrogen-bond acceptors (Lipinski definition) is 1. The number of aryl methyl sites for hydroxylation is 1. The van der Waals surface area contributed by atoms with E-state index in [0.717, 1.165) is 23.1 Å². The van der Waals surface area contributed by atoms with Crippen molar-refractivity contribution in [3.63, 3.8) is 0 Å². The number of allylic oxidation sites excluding steroid dienone is 1. The van der Waals surface area contributed by atoms with Gasteiger partial charge in [0.05, 0.1) is 0 Å². The van der Waals surface area contributed by atoms with Gasteiger partial charge in [-0.25, -0.2) is 9.18 Å². The number of carboxylic acid groups (broad SMARTS) is 1. The summed E-state index contributed by atoms with van der Waals surface area (Å²) in [6.07, 6.45) is 1.35. The summed E-state index contributed by atoms with van der Waals surface area (Å²) >= 11 is 0. The molecule has 0 aromatic heterocycles. The average Bonchev–Trinajstić information content (AvgIpc) is 2.28. The van der Waals surface area contributed by atoms with Gasteiger partial charge in [-0.3, -0.25) is 0 Å². The zero-order valence-corrected chi connectivity index (χ0v) is 9.03. The third-order valence-corrected chi connectivity index (χ3v) is 2.97. The molecule has 0 radical (unpaired) electrons. The summed E-state index contributed by atoms with van der Waals surface area (Å²) in [5, 5.41) is 8.71. The Morgan fingerprint density at radius 1 is 1.50 bits per heavy atom. The van der Waals surface area contributed by atoms with Gasteiger partial charge in [0.2, 0.25) is 6.17 Å². The fourth-order valence-corrected chi connectivity index (χ4v) is 2.16. The van der Waals surface area contributed by atoms with Crippen LogP contribution in [0.5, 0.6) is 0 Å². The van der Waals surface area contributed by atoms with Crippen LogP contribution in [0.2, 0.25) is 0 Å². The number of fused-ring (bicyclic) bond motifs is 1. The van der Waals surface area contributed by atoms with Gasteiger partial charge in [-0.2, -0.15) is 0 Å². The molecule has 0 saturated carbocycles. The first-order chi connectivity index (χ1) is 7.61. The molecule has 1 N–H and O–H groups in total. The minimum absolute atomic E-state index is 0.303. The maximum atomic E-state index is 13.6. The fraction of sp³-hybridized carbons (Fsp3) is 0.308. The van der Waals surface area contributed by atoms with E-state index >= 15 is 0 Å². The third kappa shape index (κ3) is 1.73. The molecule has 0 spiro atoms. The van der Waals surface area contributed by atoms with Crippen LogP contribution in [0, 0.1) is 6.92 Å². The first-order valence-corrected chi connectivity index (χ1v) is 5.27. The van der Waals surface area contributed by atoms with Crippen molar-refractivity contribution in [3.8, 4) is 0 Å². The Labute approximate surface area is 93.4 Å². The molecule has 0 amide bonds. The van der Waals surface area contributed by atoms with Crippen molar-refractivity contribution in [2.45, 2.75) is 25.9 Å². The van der Waals surface area contributed by atoms with Crippen molar-refractivity contribution in [3.05, 3.63) is 41.0 Å². The first kappa shape index (κ1) is 10.9. The molecule has 2 rings (SSSR count). The highest BCUT2D eigenvalue weighted by atomic mass is 19.1. The van der Waals surface area contributed by atoms with Crippen LogP contribution in [0.15, 0.2) is 24.3 Å². The lowest BCUT2D eigenvalue weighted by atomic mass is 9.86. The normalized spacial score (nSPS) is 16.2. The van der Waals surface area contributed by atoms with Crippen LogP contribution in [0.1, 0.15) is 23.1 Å². The molecule has 2 nitrogen and oxygen atoms in total. The zero-order chi connectivity index (χ0) is 11.7. The first-order valence-electron chi connectivity index (χ1n) is 5.27. The Morgan fingerprint density at radius 2 is 2.25 bits per heavy atom. The van der Waals surface area contributed by atoms with Crippen LogP contribution in [0.25, 0.3) is 5.57 Å². The molecule has 1 unspecified atom stereocenters. The maximum absolute atomic E-state index is 13.6.